The SMILES string of the molecule is CC(C)(CC(=O)C(F)(F)F)c1ccc(F)cc1C(C(=O)C(F)(F)F)C(C)(C)c1ccc(F)cc1Br. The van der Waals surface area contributed by atoms with Crippen LogP contribution in [0, 0.1) is 11.6 Å². The van der Waals surface area contributed by atoms with Gasteiger partial charge in [0, 0.05) is 16.3 Å². The van der Waals surface area contributed by atoms with Crippen molar-refractivity contribution in [2.24, 2.45) is 0 Å². The van der Waals surface area contributed by atoms with Crippen molar-refractivity contribution < 1.29 is 44.7 Å². The summed E-state index contributed by atoms with van der Waals surface area (Å²) < 4.78 is 108. The lowest BCUT2D eigenvalue weighted by molar-refractivity contribution is -0.174. The molecule has 0 amide bonds. The lowest BCUT2D eigenvalue weighted by Crippen LogP contribution is -2.42. The lowest BCUT2D eigenvalue weighted by Gasteiger charge is -2.38. The first-order chi connectivity index (χ1) is 15.7. The summed E-state index contributed by atoms with van der Waals surface area (Å²) in [5.41, 5.74) is -4.17. The van der Waals surface area contributed by atoms with E-state index in [0.29, 0.717) is 6.07 Å². The highest BCUT2D eigenvalue weighted by molar-refractivity contribution is 9.10. The first-order valence-corrected chi connectivity index (χ1v) is 11.0. The Morgan fingerprint density at radius 3 is 1.74 bits per heavy atom. The Morgan fingerprint density at radius 2 is 1.29 bits per heavy atom. The Hall–Kier alpha value is -2.30. The minimum Gasteiger partial charge on any atom is -0.290 e. The number of carbonyl (C=O) groups is 2. The number of halogens is 9. The molecule has 2 nitrogen and oxygen atoms in total. The predicted octanol–water partition coefficient (Wildman–Crippen LogP) is 7.72. The summed E-state index contributed by atoms with van der Waals surface area (Å²) in [6, 6.07) is 5.56. The van der Waals surface area contributed by atoms with Gasteiger partial charge < -0.3 is 0 Å². The molecule has 192 valence electrons. The number of carbonyl (C=O) groups excluding carboxylic acids is 2. The van der Waals surface area contributed by atoms with Crippen molar-refractivity contribution in [2.75, 3.05) is 0 Å². The molecule has 0 radical (unpaired) electrons. The van der Waals surface area contributed by atoms with Crippen LogP contribution >= 0.6 is 15.9 Å². The molecule has 0 fully saturated rings. The summed E-state index contributed by atoms with van der Waals surface area (Å²) in [6.45, 7) is 4.87. The molecule has 0 N–H and O–H groups in total. The van der Waals surface area contributed by atoms with Crippen LogP contribution in [0.1, 0.15) is 56.7 Å². The van der Waals surface area contributed by atoms with E-state index in [-0.39, 0.29) is 15.6 Å². The molecule has 2 rings (SSSR count). The normalized spacial score (nSPS) is 14.1. The van der Waals surface area contributed by atoms with Crippen LogP contribution in [-0.4, -0.2) is 23.9 Å². The quantitative estimate of drug-likeness (QED) is 0.318. The van der Waals surface area contributed by atoms with Crippen LogP contribution in [-0.2, 0) is 20.4 Å². The zero-order chi connectivity index (χ0) is 27.1. The molecule has 35 heavy (non-hydrogen) atoms. The van der Waals surface area contributed by atoms with Gasteiger partial charge in [-0.2, -0.15) is 26.3 Å². The van der Waals surface area contributed by atoms with Crippen molar-refractivity contribution in [3.63, 3.8) is 0 Å². The first-order valence-electron chi connectivity index (χ1n) is 10.2. The summed E-state index contributed by atoms with van der Waals surface area (Å²) in [5.74, 6) is -8.29. The largest absolute Gasteiger partial charge is 0.450 e. The molecule has 1 atom stereocenters. The summed E-state index contributed by atoms with van der Waals surface area (Å²) >= 11 is 3.07. The van der Waals surface area contributed by atoms with E-state index in [4.69, 9.17) is 0 Å². The van der Waals surface area contributed by atoms with E-state index in [2.05, 4.69) is 15.9 Å². The Labute approximate surface area is 204 Å². The number of hydrogen-bond donors (Lipinski definition) is 0. The third kappa shape index (κ3) is 6.29. The second-order valence-corrected chi connectivity index (χ2v) is 10.2. The third-order valence-electron chi connectivity index (χ3n) is 5.86. The van der Waals surface area contributed by atoms with Gasteiger partial charge in [0.2, 0.25) is 11.6 Å². The number of rotatable bonds is 7. The number of ketones is 2. The maximum absolute atomic E-state index is 14.3. The molecule has 0 aromatic heterocycles. The minimum absolute atomic E-state index is 0.0342. The average Bonchev–Trinajstić information content (AvgIpc) is 2.65. The maximum Gasteiger partial charge on any atom is 0.450 e. The molecule has 0 aliphatic carbocycles. The summed E-state index contributed by atoms with van der Waals surface area (Å²) in [4.78, 5) is 24.5. The standard InChI is InChI=1S/C24H21BrF8O2/c1-21(2,11-18(34)23(28,29)30)15-7-5-12(26)9-14(15)19(20(35)24(31,32)33)22(3,4)16-8-6-13(27)10-17(16)25/h5-10,19H,11H2,1-4H3. The molecule has 0 aliphatic rings. The third-order valence-corrected chi connectivity index (χ3v) is 6.52. The second kappa shape index (κ2) is 9.63. The summed E-state index contributed by atoms with van der Waals surface area (Å²) in [5, 5.41) is 0. The smallest absolute Gasteiger partial charge is 0.290 e. The van der Waals surface area contributed by atoms with Crippen LogP contribution in [0.25, 0.3) is 0 Å². The molecule has 0 spiro atoms. The zero-order valence-electron chi connectivity index (χ0n) is 19.0. The summed E-state index contributed by atoms with van der Waals surface area (Å²) in [6.07, 6.45) is -11.7. The van der Waals surface area contributed by atoms with Crippen LogP contribution < -0.4 is 0 Å². The van der Waals surface area contributed by atoms with E-state index in [1.165, 1.54) is 27.7 Å². The fourth-order valence-corrected chi connectivity index (χ4v) is 5.04. The highest BCUT2D eigenvalue weighted by Crippen LogP contribution is 2.48. The first kappa shape index (κ1) is 28.9. The Morgan fingerprint density at radius 1 is 0.800 bits per heavy atom. The molecule has 1 unspecified atom stereocenters. The number of Topliss-reactive ketones (excluding diaryl/α,β-unsaturated/α-hetero) is 2. The molecule has 0 saturated heterocycles. The van der Waals surface area contributed by atoms with Gasteiger partial charge in [0.25, 0.3) is 0 Å². The van der Waals surface area contributed by atoms with E-state index in [1.807, 2.05) is 0 Å². The molecule has 0 bridgehead atoms. The fourth-order valence-electron chi connectivity index (χ4n) is 4.17. The van der Waals surface area contributed by atoms with Gasteiger partial charge in [-0.05, 0) is 46.4 Å². The van der Waals surface area contributed by atoms with Gasteiger partial charge in [-0.1, -0.05) is 55.8 Å². The minimum atomic E-state index is -5.40. The second-order valence-electron chi connectivity index (χ2n) is 9.35. The van der Waals surface area contributed by atoms with Crippen molar-refractivity contribution in [3.05, 3.63) is 69.2 Å². The van der Waals surface area contributed by atoms with Crippen LogP contribution in [0.3, 0.4) is 0 Å². The van der Waals surface area contributed by atoms with Crippen molar-refractivity contribution in [1.82, 2.24) is 0 Å². The Kier molecular flexibility index (Phi) is 7.96. The van der Waals surface area contributed by atoms with E-state index in [9.17, 15) is 44.7 Å². The molecule has 11 heteroatoms. The molecule has 0 heterocycles. The van der Waals surface area contributed by atoms with Crippen LogP contribution in [0.15, 0.2) is 40.9 Å². The van der Waals surface area contributed by atoms with Crippen LogP contribution in [0.4, 0.5) is 35.1 Å². The van der Waals surface area contributed by atoms with Gasteiger partial charge in [-0.3, -0.25) is 9.59 Å². The average molecular weight is 573 g/mol. The monoisotopic (exact) mass is 572 g/mol. The van der Waals surface area contributed by atoms with Gasteiger partial charge in [0.1, 0.15) is 11.6 Å². The van der Waals surface area contributed by atoms with Crippen LogP contribution in [0.5, 0.6) is 0 Å². The molecular formula is C24H21BrF8O2. The highest BCUT2D eigenvalue weighted by atomic mass is 79.9. The molecule has 2 aromatic rings. The van der Waals surface area contributed by atoms with Crippen molar-refractivity contribution in [2.45, 2.75) is 63.2 Å². The van der Waals surface area contributed by atoms with Crippen molar-refractivity contribution >= 4 is 27.5 Å². The van der Waals surface area contributed by atoms with Gasteiger partial charge in [0.15, 0.2) is 0 Å². The highest BCUT2D eigenvalue weighted by Gasteiger charge is 2.52. The number of benzene rings is 2. The molecule has 0 aliphatic heterocycles. The van der Waals surface area contributed by atoms with E-state index in [1.54, 1.807) is 0 Å². The Balaban J connectivity index is 2.85. The topological polar surface area (TPSA) is 34.1 Å². The van der Waals surface area contributed by atoms with E-state index >= 15 is 0 Å². The van der Waals surface area contributed by atoms with Crippen molar-refractivity contribution in [3.8, 4) is 0 Å². The zero-order valence-corrected chi connectivity index (χ0v) is 20.6. The van der Waals surface area contributed by atoms with E-state index in [0.717, 1.165) is 30.3 Å². The van der Waals surface area contributed by atoms with Gasteiger partial charge in [-0.15, -0.1) is 0 Å². The Bertz CT molecular complexity index is 1130. The van der Waals surface area contributed by atoms with Gasteiger partial charge in [-0.25, -0.2) is 8.78 Å². The molecule has 0 saturated carbocycles. The number of alkyl halides is 6. The lowest BCUT2D eigenvalue weighted by atomic mass is 9.64. The maximum atomic E-state index is 14.3. The van der Waals surface area contributed by atoms with Crippen molar-refractivity contribution in [1.29, 1.82) is 0 Å². The predicted molar refractivity (Wildman–Crippen MR) is 116 cm³/mol. The number of hydrogen-bond acceptors (Lipinski definition) is 2. The molecule has 2 aromatic carbocycles. The van der Waals surface area contributed by atoms with E-state index < -0.39 is 64.3 Å². The van der Waals surface area contributed by atoms with Gasteiger partial charge >= 0.3 is 12.4 Å². The van der Waals surface area contributed by atoms with Gasteiger partial charge in [0.05, 0.1) is 5.92 Å². The fraction of sp³-hybridized carbons (Fsp3) is 0.417. The summed E-state index contributed by atoms with van der Waals surface area (Å²) in [7, 11) is 0. The molecular weight excluding hydrogens is 552 g/mol. The van der Waals surface area contributed by atoms with Crippen LogP contribution in [0.2, 0.25) is 0 Å².